The number of fused-ring (bicyclic) bond motifs is 1. The van der Waals surface area contributed by atoms with Gasteiger partial charge in [0.2, 0.25) is 5.91 Å². The van der Waals surface area contributed by atoms with E-state index in [0.717, 1.165) is 19.4 Å². The minimum atomic E-state index is -0.361. The number of amides is 3. The quantitative estimate of drug-likeness (QED) is 0.657. The summed E-state index contributed by atoms with van der Waals surface area (Å²) in [6.45, 7) is 1.95. The molecular formula is C19H16Br2N2O3. The third-order valence-corrected chi connectivity index (χ3v) is 5.26. The van der Waals surface area contributed by atoms with Gasteiger partial charge in [0.05, 0.1) is 17.2 Å². The Balaban J connectivity index is 1.59. The van der Waals surface area contributed by atoms with E-state index in [4.69, 9.17) is 0 Å². The normalized spacial score (nSPS) is 14.3. The van der Waals surface area contributed by atoms with Crippen LogP contribution < -0.4 is 5.32 Å². The first kappa shape index (κ1) is 18.8. The van der Waals surface area contributed by atoms with E-state index >= 15 is 0 Å². The van der Waals surface area contributed by atoms with E-state index in [1.54, 1.807) is 18.2 Å². The van der Waals surface area contributed by atoms with Crippen LogP contribution in [0.3, 0.4) is 0 Å². The Morgan fingerprint density at radius 1 is 1.00 bits per heavy atom. The molecule has 1 N–H and O–H groups in total. The van der Waals surface area contributed by atoms with E-state index in [0.29, 0.717) is 11.1 Å². The van der Waals surface area contributed by atoms with Crippen molar-refractivity contribution >= 4 is 49.6 Å². The first-order chi connectivity index (χ1) is 12.4. The number of carbonyl (C=O) groups excluding carboxylic acids is 3. The van der Waals surface area contributed by atoms with Crippen LogP contribution in [-0.2, 0) is 4.79 Å². The molecule has 0 saturated carbocycles. The lowest BCUT2D eigenvalue weighted by Crippen LogP contribution is -2.35. The van der Waals surface area contributed by atoms with Gasteiger partial charge in [0.15, 0.2) is 0 Å². The maximum atomic E-state index is 12.4. The van der Waals surface area contributed by atoms with Crippen molar-refractivity contribution < 1.29 is 14.4 Å². The predicted octanol–water partition coefficient (Wildman–Crippen LogP) is 4.08. The number of halogens is 2. The number of hydrogen-bond donors (Lipinski definition) is 1. The number of rotatable bonds is 5. The van der Waals surface area contributed by atoms with Gasteiger partial charge < -0.3 is 5.32 Å². The summed E-state index contributed by atoms with van der Waals surface area (Å²) in [7, 11) is 0. The summed E-state index contributed by atoms with van der Waals surface area (Å²) >= 11 is 6.68. The van der Waals surface area contributed by atoms with Crippen LogP contribution in [0.1, 0.15) is 45.7 Å². The molecule has 134 valence electrons. The second-order valence-corrected chi connectivity index (χ2v) is 7.87. The Kier molecular flexibility index (Phi) is 5.58. The smallest absolute Gasteiger partial charge is 0.261 e. The van der Waals surface area contributed by atoms with Crippen molar-refractivity contribution in [3.8, 4) is 0 Å². The third-order valence-electron chi connectivity index (χ3n) is 4.24. The monoisotopic (exact) mass is 478 g/mol. The number of benzene rings is 2. The zero-order valence-electron chi connectivity index (χ0n) is 14.0. The summed E-state index contributed by atoms with van der Waals surface area (Å²) in [5.74, 6) is -0.926. The van der Waals surface area contributed by atoms with Crippen LogP contribution in [0, 0.1) is 0 Å². The van der Waals surface area contributed by atoms with Crippen molar-refractivity contribution in [1.29, 1.82) is 0 Å². The number of hydrogen-bond acceptors (Lipinski definition) is 3. The maximum absolute atomic E-state index is 12.4. The average Bonchev–Trinajstić information content (AvgIpc) is 2.84. The van der Waals surface area contributed by atoms with E-state index in [9.17, 15) is 14.4 Å². The lowest BCUT2D eigenvalue weighted by molar-refractivity contribution is -0.121. The highest BCUT2D eigenvalue weighted by molar-refractivity contribution is 9.10. The molecule has 3 amide bonds. The standard InChI is InChI=1S/C19H16Br2N2O3/c1-11(12-2-4-13(20)5-3-12)22-17(24)8-9-23-18(25)15-7-6-14(21)10-16(15)19(23)26/h2-7,10-11H,8-9H2,1H3,(H,22,24). The molecule has 0 aliphatic carbocycles. The lowest BCUT2D eigenvalue weighted by Gasteiger charge is -2.17. The fourth-order valence-electron chi connectivity index (χ4n) is 2.83. The van der Waals surface area contributed by atoms with Gasteiger partial charge in [-0.2, -0.15) is 0 Å². The molecule has 0 radical (unpaired) electrons. The van der Waals surface area contributed by atoms with Gasteiger partial charge in [-0.3, -0.25) is 19.3 Å². The van der Waals surface area contributed by atoms with E-state index in [2.05, 4.69) is 37.2 Å². The highest BCUT2D eigenvalue weighted by atomic mass is 79.9. The van der Waals surface area contributed by atoms with Crippen molar-refractivity contribution in [1.82, 2.24) is 10.2 Å². The van der Waals surface area contributed by atoms with Crippen molar-refractivity contribution in [2.45, 2.75) is 19.4 Å². The van der Waals surface area contributed by atoms with Crippen LogP contribution in [0.25, 0.3) is 0 Å². The summed E-state index contributed by atoms with van der Waals surface area (Å²) in [4.78, 5) is 38.1. The Labute approximate surface area is 168 Å². The summed E-state index contributed by atoms with van der Waals surface area (Å²) < 4.78 is 1.71. The molecule has 1 atom stereocenters. The zero-order valence-corrected chi connectivity index (χ0v) is 17.1. The average molecular weight is 480 g/mol. The summed E-state index contributed by atoms with van der Waals surface area (Å²) in [6, 6.07) is 12.5. The summed E-state index contributed by atoms with van der Waals surface area (Å²) in [5.41, 5.74) is 1.72. The van der Waals surface area contributed by atoms with Crippen LogP contribution >= 0.6 is 31.9 Å². The Morgan fingerprint density at radius 3 is 2.31 bits per heavy atom. The molecule has 5 nitrogen and oxygen atoms in total. The van der Waals surface area contributed by atoms with Crippen molar-refractivity contribution in [3.05, 3.63) is 68.1 Å². The summed E-state index contributed by atoms with van der Waals surface area (Å²) in [6.07, 6.45) is 0.0630. The molecule has 1 heterocycles. The molecule has 0 spiro atoms. The highest BCUT2D eigenvalue weighted by Crippen LogP contribution is 2.26. The number of nitrogens with zero attached hydrogens (tertiary/aromatic N) is 1. The van der Waals surface area contributed by atoms with Crippen LogP contribution in [0.15, 0.2) is 51.4 Å². The topological polar surface area (TPSA) is 66.5 Å². The molecule has 0 fully saturated rings. The van der Waals surface area contributed by atoms with Gasteiger partial charge >= 0.3 is 0 Å². The Morgan fingerprint density at radius 2 is 1.62 bits per heavy atom. The van der Waals surface area contributed by atoms with Gasteiger partial charge in [-0.25, -0.2) is 0 Å². The van der Waals surface area contributed by atoms with Crippen LogP contribution in [-0.4, -0.2) is 29.2 Å². The zero-order chi connectivity index (χ0) is 18.8. The first-order valence-electron chi connectivity index (χ1n) is 8.07. The molecular weight excluding hydrogens is 464 g/mol. The minimum Gasteiger partial charge on any atom is -0.350 e. The van der Waals surface area contributed by atoms with E-state index < -0.39 is 0 Å². The highest BCUT2D eigenvalue weighted by Gasteiger charge is 2.35. The van der Waals surface area contributed by atoms with Gasteiger partial charge in [-0.1, -0.05) is 44.0 Å². The molecule has 2 aromatic rings. The van der Waals surface area contributed by atoms with Gasteiger partial charge in [0.25, 0.3) is 11.8 Å². The molecule has 1 aliphatic rings. The lowest BCUT2D eigenvalue weighted by atomic mass is 10.1. The van der Waals surface area contributed by atoms with Crippen molar-refractivity contribution in [3.63, 3.8) is 0 Å². The van der Waals surface area contributed by atoms with Crippen LogP contribution in [0.2, 0.25) is 0 Å². The van der Waals surface area contributed by atoms with Crippen molar-refractivity contribution in [2.75, 3.05) is 6.54 Å². The number of nitrogens with one attached hydrogen (secondary N) is 1. The van der Waals surface area contributed by atoms with E-state index in [1.807, 2.05) is 31.2 Å². The number of carbonyl (C=O) groups is 3. The molecule has 0 saturated heterocycles. The second-order valence-electron chi connectivity index (χ2n) is 6.04. The molecule has 7 heteroatoms. The van der Waals surface area contributed by atoms with Crippen LogP contribution in [0.4, 0.5) is 0 Å². The minimum absolute atomic E-state index is 0.0584. The fraction of sp³-hybridized carbons (Fsp3) is 0.211. The van der Waals surface area contributed by atoms with E-state index in [1.165, 1.54) is 0 Å². The second kappa shape index (κ2) is 7.72. The molecule has 1 aliphatic heterocycles. The summed E-state index contributed by atoms with van der Waals surface area (Å²) in [5, 5.41) is 2.89. The molecule has 26 heavy (non-hydrogen) atoms. The van der Waals surface area contributed by atoms with Crippen LogP contribution in [0.5, 0.6) is 0 Å². The molecule has 1 unspecified atom stereocenters. The van der Waals surface area contributed by atoms with Gasteiger partial charge in [0, 0.05) is 21.9 Å². The number of imide groups is 1. The molecule has 0 bridgehead atoms. The van der Waals surface area contributed by atoms with Gasteiger partial charge in [0.1, 0.15) is 0 Å². The Hall–Kier alpha value is -1.99. The van der Waals surface area contributed by atoms with Crippen molar-refractivity contribution in [2.24, 2.45) is 0 Å². The van der Waals surface area contributed by atoms with Gasteiger partial charge in [-0.15, -0.1) is 0 Å². The molecule has 3 rings (SSSR count). The first-order valence-corrected chi connectivity index (χ1v) is 9.66. The largest absolute Gasteiger partial charge is 0.350 e. The van der Waals surface area contributed by atoms with Gasteiger partial charge in [-0.05, 0) is 42.8 Å². The fourth-order valence-corrected chi connectivity index (χ4v) is 3.45. The predicted molar refractivity (Wildman–Crippen MR) is 105 cm³/mol. The molecule has 0 aromatic heterocycles. The maximum Gasteiger partial charge on any atom is 0.261 e. The third kappa shape index (κ3) is 3.88. The molecule has 2 aromatic carbocycles. The Bertz CT molecular complexity index is 881. The SMILES string of the molecule is CC(NC(=O)CCN1C(=O)c2ccc(Br)cc2C1=O)c1ccc(Br)cc1. The van der Waals surface area contributed by atoms with E-state index in [-0.39, 0.29) is 36.7 Å².